The summed E-state index contributed by atoms with van der Waals surface area (Å²) in [6.07, 6.45) is 6.75. The first kappa shape index (κ1) is 18.6. The number of fused-ring (bicyclic) bond motifs is 2. The van der Waals surface area contributed by atoms with Gasteiger partial charge in [-0.15, -0.1) is 0 Å². The van der Waals surface area contributed by atoms with E-state index in [-0.39, 0.29) is 12.3 Å². The van der Waals surface area contributed by atoms with Gasteiger partial charge in [0.2, 0.25) is 0 Å². The second-order valence-electron chi connectivity index (χ2n) is 6.95. The molecule has 4 aromatic rings. The molecule has 7 nitrogen and oxygen atoms in total. The van der Waals surface area contributed by atoms with Crippen molar-refractivity contribution >= 4 is 55.3 Å². The van der Waals surface area contributed by atoms with E-state index in [2.05, 4.69) is 30.9 Å². The van der Waals surface area contributed by atoms with Gasteiger partial charge in [-0.3, -0.25) is 4.98 Å². The van der Waals surface area contributed by atoms with Gasteiger partial charge in [0.1, 0.15) is 36.4 Å². The first-order valence-electron chi connectivity index (χ1n) is 9.18. The Hall–Kier alpha value is -2.42. The monoisotopic (exact) mass is 473 g/mol. The first-order valence-corrected chi connectivity index (χ1v) is 10.4. The minimum absolute atomic E-state index is 0.0405. The first-order chi connectivity index (χ1) is 14.1. The van der Waals surface area contributed by atoms with Crippen LogP contribution in [0.4, 0.5) is 5.82 Å². The van der Waals surface area contributed by atoms with Crippen LogP contribution in [0.5, 0.6) is 5.75 Å². The third-order valence-corrected chi connectivity index (χ3v) is 5.79. The summed E-state index contributed by atoms with van der Waals surface area (Å²) >= 11 is 9.81. The Morgan fingerprint density at radius 3 is 3.03 bits per heavy atom. The molecule has 0 aliphatic carbocycles. The maximum Gasteiger partial charge on any atom is 0.147 e. The molecule has 29 heavy (non-hydrogen) atoms. The number of aromatic nitrogens is 4. The van der Waals surface area contributed by atoms with Crippen molar-refractivity contribution < 1.29 is 9.47 Å². The number of nitrogens with two attached hydrogens (primary N) is 1. The van der Waals surface area contributed by atoms with Gasteiger partial charge < -0.3 is 19.8 Å². The average molecular weight is 475 g/mol. The second kappa shape index (κ2) is 7.44. The lowest BCUT2D eigenvalue weighted by atomic mass is 10.2. The lowest BCUT2D eigenvalue weighted by Gasteiger charge is -2.17. The van der Waals surface area contributed by atoms with Crippen LogP contribution in [0.25, 0.3) is 21.9 Å². The Kier molecular flexibility index (Phi) is 4.77. The van der Waals surface area contributed by atoms with E-state index in [1.165, 1.54) is 6.33 Å². The van der Waals surface area contributed by atoms with Gasteiger partial charge in [-0.2, -0.15) is 0 Å². The van der Waals surface area contributed by atoms with Crippen molar-refractivity contribution in [3.05, 3.63) is 52.5 Å². The van der Waals surface area contributed by atoms with E-state index in [0.29, 0.717) is 23.2 Å². The highest BCUT2D eigenvalue weighted by atomic mass is 79.9. The lowest BCUT2D eigenvalue weighted by molar-refractivity contribution is -0.0155. The minimum Gasteiger partial charge on any atom is -0.489 e. The summed E-state index contributed by atoms with van der Waals surface area (Å²) in [7, 11) is 0. The van der Waals surface area contributed by atoms with Crippen molar-refractivity contribution in [3.8, 4) is 5.75 Å². The number of ether oxygens (including phenoxy) is 2. The molecule has 0 amide bonds. The van der Waals surface area contributed by atoms with Gasteiger partial charge in [-0.1, -0.05) is 11.6 Å². The zero-order valence-corrected chi connectivity index (χ0v) is 17.6. The van der Waals surface area contributed by atoms with Gasteiger partial charge in [0.05, 0.1) is 22.0 Å². The smallest absolute Gasteiger partial charge is 0.147 e. The number of halogens is 2. The molecule has 3 aromatic heterocycles. The van der Waals surface area contributed by atoms with Crippen molar-refractivity contribution in [2.75, 3.05) is 12.3 Å². The molecule has 2 atom stereocenters. The van der Waals surface area contributed by atoms with E-state index in [9.17, 15) is 0 Å². The van der Waals surface area contributed by atoms with Crippen molar-refractivity contribution in [2.24, 2.45) is 0 Å². The molecule has 1 aliphatic heterocycles. The van der Waals surface area contributed by atoms with Crippen molar-refractivity contribution in [1.29, 1.82) is 0 Å². The van der Waals surface area contributed by atoms with Gasteiger partial charge in [-0.25, -0.2) is 9.97 Å². The molecular weight excluding hydrogens is 458 g/mol. The third kappa shape index (κ3) is 3.52. The molecule has 0 spiro atoms. The predicted octanol–water partition coefficient (Wildman–Crippen LogP) is 4.73. The van der Waals surface area contributed by atoms with E-state index in [4.69, 9.17) is 26.8 Å². The molecule has 2 N–H and O–H groups in total. The highest BCUT2D eigenvalue weighted by molar-refractivity contribution is 9.10. The number of benzene rings is 1. The van der Waals surface area contributed by atoms with Crippen LogP contribution in [-0.2, 0) is 4.74 Å². The quantitative estimate of drug-likeness (QED) is 0.460. The van der Waals surface area contributed by atoms with Gasteiger partial charge in [0, 0.05) is 28.3 Å². The fraction of sp³-hybridized carbons (Fsp3) is 0.250. The molecule has 5 rings (SSSR count). The molecular formula is C20H17BrClN5O2. The number of nitrogens with zero attached hydrogens (tertiary/aromatic N) is 4. The Balaban J connectivity index is 1.29. The summed E-state index contributed by atoms with van der Waals surface area (Å²) in [6.45, 7) is 0.411. The number of rotatable bonds is 4. The number of anilines is 1. The third-order valence-electron chi connectivity index (χ3n) is 5.06. The molecule has 4 heterocycles. The van der Waals surface area contributed by atoms with Gasteiger partial charge >= 0.3 is 0 Å². The van der Waals surface area contributed by atoms with Crippen molar-refractivity contribution in [2.45, 2.75) is 25.2 Å². The minimum atomic E-state index is -0.110. The van der Waals surface area contributed by atoms with Crippen LogP contribution in [0, 0.1) is 0 Å². The molecule has 0 bridgehead atoms. The standard InChI is InChI=1S/C20H17BrClN5O2/c21-12-5-11-6-15(22)17(7-16(11)24-8-12)28-9-13-1-2-18(29-13)27-4-3-14-19(23)25-10-26-20(14)27/h3-8,10,13,18H,1-2,9H2,(H2,23,25,26). The number of hydrogen-bond acceptors (Lipinski definition) is 6. The SMILES string of the molecule is Nc1ncnc2c1ccn2C1CCC(COc2cc3ncc(Br)cc3cc2Cl)O1. The summed E-state index contributed by atoms with van der Waals surface area (Å²) in [4.78, 5) is 12.8. The molecule has 1 saturated heterocycles. The fourth-order valence-corrected chi connectivity index (χ4v) is 4.21. The zero-order valence-electron chi connectivity index (χ0n) is 15.3. The number of nitrogen functional groups attached to an aromatic ring is 1. The summed E-state index contributed by atoms with van der Waals surface area (Å²) in [6, 6.07) is 7.60. The molecule has 2 unspecified atom stereocenters. The average Bonchev–Trinajstić information content (AvgIpc) is 3.34. The summed E-state index contributed by atoms with van der Waals surface area (Å²) in [5.41, 5.74) is 7.53. The molecule has 1 aliphatic rings. The zero-order chi connectivity index (χ0) is 20.0. The largest absolute Gasteiger partial charge is 0.489 e. The summed E-state index contributed by atoms with van der Waals surface area (Å²) in [5, 5.41) is 2.34. The van der Waals surface area contributed by atoms with Crippen LogP contribution < -0.4 is 10.5 Å². The Morgan fingerprint density at radius 1 is 1.24 bits per heavy atom. The van der Waals surface area contributed by atoms with Crippen LogP contribution in [0.3, 0.4) is 0 Å². The number of hydrogen-bond donors (Lipinski definition) is 1. The van der Waals surface area contributed by atoms with E-state index in [1.54, 1.807) is 6.20 Å². The maximum absolute atomic E-state index is 6.39. The highest BCUT2D eigenvalue weighted by Gasteiger charge is 2.28. The molecule has 0 saturated carbocycles. The van der Waals surface area contributed by atoms with Crippen LogP contribution in [0.15, 0.2) is 47.5 Å². The molecule has 1 aromatic carbocycles. The highest BCUT2D eigenvalue weighted by Crippen LogP contribution is 2.34. The molecule has 9 heteroatoms. The van der Waals surface area contributed by atoms with E-state index >= 15 is 0 Å². The molecule has 0 radical (unpaired) electrons. The molecule has 1 fully saturated rings. The fourth-order valence-electron chi connectivity index (χ4n) is 3.63. The van der Waals surface area contributed by atoms with Crippen LogP contribution in [0.1, 0.15) is 19.1 Å². The molecule has 148 valence electrons. The van der Waals surface area contributed by atoms with Crippen LogP contribution in [0.2, 0.25) is 5.02 Å². The number of pyridine rings is 1. The Bertz CT molecular complexity index is 1210. The van der Waals surface area contributed by atoms with Gasteiger partial charge in [-0.05, 0) is 47.0 Å². The Labute approximate surface area is 179 Å². The van der Waals surface area contributed by atoms with Crippen LogP contribution >= 0.6 is 27.5 Å². The summed E-state index contributed by atoms with van der Waals surface area (Å²) < 4.78 is 15.1. The predicted molar refractivity (Wildman–Crippen MR) is 115 cm³/mol. The maximum atomic E-state index is 6.39. The topological polar surface area (TPSA) is 88.1 Å². The van der Waals surface area contributed by atoms with Gasteiger partial charge in [0.25, 0.3) is 0 Å². The summed E-state index contributed by atoms with van der Waals surface area (Å²) in [5.74, 6) is 1.08. The second-order valence-corrected chi connectivity index (χ2v) is 8.27. The lowest BCUT2D eigenvalue weighted by Crippen LogP contribution is -2.18. The van der Waals surface area contributed by atoms with Gasteiger partial charge in [0.15, 0.2) is 0 Å². The normalized spacial score (nSPS) is 19.2. The van der Waals surface area contributed by atoms with Crippen LogP contribution in [-0.4, -0.2) is 32.2 Å². The van der Waals surface area contributed by atoms with E-state index in [1.807, 2.05) is 35.0 Å². The van der Waals surface area contributed by atoms with Crippen molar-refractivity contribution in [1.82, 2.24) is 19.5 Å². The van der Waals surface area contributed by atoms with E-state index < -0.39 is 0 Å². The van der Waals surface area contributed by atoms with E-state index in [0.717, 1.165) is 39.3 Å². The van der Waals surface area contributed by atoms with Crippen molar-refractivity contribution in [3.63, 3.8) is 0 Å². The Morgan fingerprint density at radius 2 is 2.14 bits per heavy atom.